The molecule has 0 saturated carbocycles. The Morgan fingerprint density at radius 2 is 2.06 bits per heavy atom. The molecule has 0 aliphatic carbocycles. The number of benzene rings is 1. The van der Waals surface area contributed by atoms with E-state index in [4.69, 9.17) is 0 Å². The zero-order chi connectivity index (χ0) is 12.0. The van der Waals surface area contributed by atoms with E-state index in [-0.39, 0.29) is 0 Å². The third-order valence-corrected chi connectivity index (χ3v) is 2.40. The van der Waals surface area contributed by atoms with Crippen LogP contribution in [0.15, 0.2) is 30.3 Å². The highest BCUT2D eigenvalue weighted by Crippen LogP contribution is 2.08. The Balaban J connectivity index is 2.79. The molecule has 0 bridgehead atoms. The van der Waals surface area contributed by atoms with Crippen molar-refractivity contribution in [3.8, 4) is 0 Å². The number of nitrogens with zero attached hydrogens (tertiary/aromatic N) is 1. The van der Waals surface area contributed by atoms with E-state index < -0.39 is 12.0 Å². The molecule has 4 nitrogen and oxygen atoms in total. The summed E-state index contributed by atoms with van der Waals surface area (Å²) in [5.41, 5.74) is 0.992. The Hall–Kier alpha value is -1.84. The Labute approximate surface area is 94.8 Å². The summed E-state index contributed by atoms with van der Waals surface area (Å²) in [6.07, 6.45) is 1.09. The van der Waals surface area contributed by atoms with Crippen LogP contribution in [-0.2, 0) is 20.7 Å². The van der Waals surface area contributed by atoms with Gasteiger partial charge in [-0.25, -0.2) is 4.79 Å². The molecule has 0 heterocycles. The van der Waals surface area contributed by atoms with E-state index in [1.54, 1.807) is 7.05 Å². The molecule has 1 rings (SSSR count). The number of amides is 1. The fourth-order valence-electron chi connectivity index (χ4n) is 1.44. The lowest BCUT2D eigenvalue weighted by molar-refractivity contribution is -0.148. The highest BCUT2D eigenvalue weighted by molar-refractivity contribution is 5.78. The molecule has 0 aliphatic heterocycles. The van der Waals surface area contributed by atoms with E-state index in [0.29, 0.717) is 12.8 Å². The number of hydrogen-bond acceptors (Lipinski definition) is 3. The number of hydrogen-bond donors (Lipinski definition) is 0. The molecule has 1 atom stereocenters. The van der Waals surface area contributed by atoms with Gasteiger partial charge in [0, 0.05) is 13.5 Å². The second-order valence-electron chi connectivity index (χ2n) is 3.50. The van der Waals surface area contributed by atoms with Crippen molar-refractivity contribution in [2.45, 2.75) is 12.5 Å². The number of carbonyl (C=O) groups excluding carboxylic acids is 2. The van der Waals surface area contributed by atoms with Gasteiger partial charge in [0.2, 0.25) is 6.41 Å². The van der Waals surface area contributed by atoms with Gasteiger partial charge in [0.05, 0.1) is 7.11 Å². The molecule has 0 fully saturated rings. The smallest absolute Gasteiger partial charge is 0.328 e. The van der Waals surface area contributed by atoms with Crippen LogP contribution in [0.25, 0.3) is 0 Å². The summed E-state index contributed by atoms with van der Waals surface area (Å²) in [7, 11) is 2.89. The lowest BCUT2D eigenvalue weighted by Gasteiger charge is -2.21. The van der Waals surface area contributed by atoms with Crippen molar-refractivity contribution in [1.29, 1.82) is 0 Å². The molecular weight excluding hydrogens is 206 g/mol. The highest BCUT2D eigenvalue weighted by Gasteiger charge is 2.23. The van der Waals surface area contributed by atoms with Gasteiger partial charge in [0.25, 0.3) is 0 Å². The van der Waals surface area contributed by atoms with Gasteiger partial charge < -0.3 is 9.64 Å². The molecule has 0 unspecified atom stereocenters. The summed E-state index contributed by atoms with van der Waals surface area (Å²) >= 11 is 0. The van der Waals surface area contributed by atoms with Crippen molar-refractivity contribution in [3.05, 3.63) is 35.9 Å². The van der Waals surface area contributed by atoms with Gasteiger partial charge in [-0.3, -0.25) is 4.79 Å². The van der Waals surface area contributed by atoms with Crippen molar-refractivity contribution in [3.63, 3.8) is 0 Å². The number of likely N-dealkylation sites (N-methyl/N-ethyl adjacent to an activating group) is 1. The van der Waals surface area contributed by atoms with E-state index in [2.05, 4.69) is 4.74 Å². The predicted molar refractivity (Wildman–Crippen MR) is 59.8 cm³/mol. The molecule has 0 aromatic heterocycles. The van der Waals surface area contributed by atoms with Gasteiger partial charge in [-0.15, -0.1) is 0 Å². The summed E-state index contributed by atoms with van der Waals surface area (Å²) in [6.45, 7) is 0. The molecular formula is C12H15NO3. The normalized spacial score (nSPS) is 11.6. The van der Waals surface area contributed by atoms with Gasteiger partial charge in [-0.05, 0) is 5.56 Å². The minimum Gasteiger partial charge on any atom is -0.467 e. The summed E-state index contributed by atoms with van der Waals surface area (Å²) in [4.78, 5) is 23.5. The molecule has 1 amide bonds. The van der Waals surface area contributed by atoms with Gasteiger partial charge >= 0.3 is 5.97 Å². The first-order chi connectivity index (χ1) is 7.69. The maximum absolute atomic E-state index is 11.5. The highest BCUT2D eigenvalue weighted by atomic mass is 16.5. The van der Waals surface area contributed by atoms with Crippen LogP contribution >= 0.6 is 0 Å². The molecule has 16 heavy (non-hydrogen) atoms. The summed E-state index contributed by atoms with van der Waals surface area (Å²) in [6, 6.07) is 8.95. The van der Waals surface area contributed by atoms with E-state index in [9.17, 15) is 9.59 Å². The lowest BCUT2D eigenvalue weighted by Crippen LogP contribution is -2.40. The third kappa shape index (κ3) is 3.08. The molecule has 1 aromatic carbocycles. The van der Waals surface area contributed by atoms with Crippen molar-refractivity contribution in [2.75, 3.05) is 14.2 Å². The van der Waals surface area contributed by atoms with Crippen LogP contribution in [-0.4, -0.2) is 37.5 Å². The molecule has 0 saturated heterocycles. The molecule has 0 aliphatic rings. The van der Waals surface area contributed by atoms with Crippen LogP contribution in [0.2, 0.25) is 0 Å². The summed E-state index contributed by atoms with van der Waals surface area (Å²) in [5, 5.41) is 0. The van der Waals surface area contributed by atoms with Crippen LogP contribution < -0.4 is 0 Å². The molecule has 0 radical (unpaired) electrons. The average molecular weight is 221 g/mol. The Kier molecular flexibility index (Phi) is 4.51. The molecule has 0 N–H and O–H groups in total. The fourth-order valence-corrected chi connectivity index (χ4v) is 1.44. The van der Waals surface area contributed by atoms with Crippen LogP contribution in [0.3, 0.4) is 0 Å². The Bertz CT molecular complexity index is 351. The number of rotatable bonds is 5. The number of esters is 1. The Morgan fingerprint density at radius 3 is 2.56 bits per heavy atom. The van der Waals surface area contributed by atoms with E-state index in [1.807, 2.05) is 30.3 Å². The summed E-state index contributed by atoms with van der Waals surface area (Å²) in [5.74, 6) is -0.404. The SMILES string of the molecule is COC(=O)[C@H](Cc1ccccc1)N(C)C=O. The van der Waals surface area contributed by atoms with Crippen LogP contribution in [0, 0.1) is 0 Å². The molecule has 4 heteroatoms. The lowest BCUT2D eigenvalue weighted by atomic mass is 10.1. The maximum atomic E-state index is 11.5. The van der Waals surface area contributed by atoms with Crippen molar-refractivity contribution in [1.82, 2.24) is 4.90 Å². The third-order valence-electron chi connectivity index (χ3n) is 2.40. The van der Waals surface area contributed by atoms with E-state index >= 15 is 0 Å². The quantitative estimate of drug-likeness (QED) is 0.547. The second-order valence-corrected chi connectivity index (χ2v) is 3.50. The van der Waals surface area contributed by atoms with Crippen LogP contribution in [0.5, 0.6) is 0 Å². The fraction of sp³-hybridized carbons (Fsp3) is 0.333. The van der Waals surface area contributed by atoms with E-state index in [1.165, 1.54) is 12.0 Å². The first-order valence-electron chi connectivity index (χ1n) is 4.98. The summed E-state index contributed by atoms with van der Waals surface area (Å²) < 4.78 is 4.67. The minimum atomic E-state index is -0.565. The first kappa shape index (κ1) is 12.2. The molecule has 1 aromatic rings. The van der Waals surface area contributed by atoms with Crippen LogP contribution in [0.4, 0.5) is 0 Å². The molecule has 86 valence electrons. The first-order valence-corrected chi connectivity index (χ1v) is 4.98. The van der Waals surface area contributed by atoms with Crippen molar-refractivity contribution < 1.29 is 14.3 Å². The van der Waals surface area contributed by atoms with Crippen molar-refractivity contribution in [2.24, 2.45) is 0 Å². The predicted octanol–water partition coefficient (Wildman–Crippen LogP) is 0.859. The van der Waals surface area contributed by atoms with Gasteiger partial charge in [-0.1, -0.05) is 30.3 Å². The van der Waals surface area contributed by atoms with Gasteiger partial charge in [0.15, 0.2) is 0 Å². The van der Waals surface area contributed by atoms with Gasteiger partial charge in [0.1, 0.15) is 6.04 Å². The number of ether oxygens (including phenoxy) is 1. The minimum absolute atomic E-state index is 0.404. The maximum Gasteiger partial charge on any atom is 0.328 e. The van der Waals surface area contributed by atoms with Crippen molar-refractivity contribution >= 4 is 12.4 Å². The Morgan fingerprint density at radius 1 is 1.44 bits per heavy atom. The standard InChI is InChI=1S/C12H15NO3/c1-13(9-14)11(12(15)16-2)8-10-6-4-3-5-7-10/h3-7,9,11H,8H2,1-2H3/t11-/m0/s1. The number of methoxy groups -OCH3 is 1. The monoisotopic (exact) mass is 221 g/mol. The average Bonchev–Trinajstić information content (AvgIpc) is 2.35. The second kappa shape index (κ2) is 5.90. The largest absolute Gasteiger partial charge is 0.467 e. The molecule has 0 spiro atoms. The van der Waals surface area contributed by atoms with E-state index in [0.717, 1.165) is 5.56 Å². The zero-order valence-electron chi connectivity index (χ0n) is 9.42. The number of carbonyl (C=O) groups is 2. The zero-order valence-corrected chi connectivity index (χ0v) is 9.42. The van der Waals surface area contributed by atoms with Gasteiger partial charge in [-0.2, -0.15) is 0 Å². The topological polar surface area (TPSA) is 46.6 Å². The van der Waals surface area contributed by atoms with Crippen LogP contribution in [0.1, 0.15) is 5.56 Å².